The lowest BCUT2D eigenvalue weighted by Crippen LogP contribution is -2.58. The van der Waals surface area contributed by atoms with Gasteiger partial charge in [-0.15, -0.1) is 0 Å². The summed E-state index contributed by atoms with van der Waals surface area (Å²) in [6.07, 6.45) is 2.00. The molecule has 1 aromatic rings. The highest BCUT2D eigenvalue weighted by molar-refractivity contribution is 5.84. The van der Waals surface area contributed by atoms with E-state index in [1.54, 1.807) is 0 Å². The third-order valence-corrected chi connectivity index (χ3v) is 6.12. The molecule has 4 nitrogen and oxygen atoms in total. The first kappa shape index (κ1) is 19.2. The molecule has 3 rings (SSSR count). The number of alkyl halides is 3. The molecule has 0 N–H and O–H groups in total. The van der Waals surface area contributed by atoms with Crippen LogP contribution >= 0.6 is 0 Å². The molecular weight excluding hydrogens is 343 g/mol. The molecule has 2 fully saturated rings. The van der Waals surface area contributed by atoms with E-state index in [1.165, 1.54) is 10.5 Å². The number of amides is 1. The van der Waals surface area contributed by atoms with Crippen LogP contribution in [0.1, 0.15) is 58.4 Å². The summed E-state index contributed by atoms with van der Waals surface area (Å²) in [6, 6.07) is 0. The molecule has 7 heteroatoms. The van der Waals surface area contributed by atoms with Crippen molar-refractivity contribution in [1.82, 2.24) is 14.7 Å². The topological polar surface area (TPSA) is 38.1 Å². The van der Waals surface area contributed by atoms with Gasteiger partial charge in [0.05, 0.1) is 11.7 Å². The molecule has 1 saturated heterocycles. The van der Waals surface area contributed by atoms with Crippen LogP contribution in [0, 0.1) is 11.3 Å². The number of aromatic nitrogens is 2. The zero-order valence-electron chi connectivity index (χ0n) is 15.8. The van der Waals surface area contributed by atoms with Crippen molar-refractivity contribution in [1.29, 1.82) is 0 Å². The van der Waals surface area contributed by atoms with Gasteiger partial charge in [-0.3, -0.25) is 9.48 Å². The van der Waals surface area contributed by atoms with Crippen molar-refractivity contribution in [3.8, 4) is 0 Å². The van der Waals surface area contributed by atoms with E-state index in [4.69, 9.17) is 0 Å². The Bertz CT molecular complexity index is 653. The standard InChI is InChI=1S/C19H28F3N3O/c1-14(2)11-15-12-23-25(13-15)17(3)7-9-24(10-8-17)16(26)18(5-4-6-18)19(20,21)22/h12-14H,4-11H2,1-3H3. The largest absolute Gasteiger partial charge is 0.403 e. The SMILES string of the molecule is CC(C)Cc1cnn(C2(C)CCN(C(=O)C3(C(F)(F)F)CCC3)CC2)c1. The van der Waals surface area contributed by atoms with Crippen molar-refractivity contribution in [3.63, 3.8) is 0 Å². The Morgan fingerprint density at radius 3 is 2.31 bits per heavy atom. The van der Waals surface area contributed by atoms with Crippen molar-refractivity contribution >= 4 is 5.91 Å². The van der Waals surface area contributed by atoms with Crippen LogP contribution in [0.4, 0.5) is 13.2 Å². The van der Waals surface area contributed by atoms with E-state index in [0.29, 0.717) is 38.3 Å². The predicted octanol–water partition coefficient (Wildman–Crippen LogP) is 4.15. The Hall–Kier alpha value is -1.53. The van der Waals surface area contributed by atoms with E-state index >= 15 is 0 Å². The summed E-state index contributed by atoms with van der Waals surface area (Å²) in [4.78, 5) is 14.0. The third-order valence-electron chi connectivity index (χ3n) is 6.12. The molecule has 1 amide bonds. The molecule has 1 aromatic heterocycles. The molecule has 146 valence electrons. The van der Waals surface area contributed by atoms with Gasteiger partial charge in [-0.2, -0.15) is 18.3 Å². The molecule has 2 heterocycles. The van der Waals surface area contributed by atoms with Crippen molar-refractivity contribution in [2.24, 2.45) is 11.3 Å². The normalized spacial score (nSPS) is 22.3. The maximum absolute atomic E-state index is 13.4. The van der Waals surface area contributed by atoms with Crippen LogP contribution in [-0.4, -0.2) is 39.9 Å². The van der Waals surface area contributed by atoms with Crippen LogP contribution in [-0.2, 0) is 16.8 Å². The Morgan fingerprint density at radius 2 is 1.85 bits per heavy atom. The van der Waals surface area contributed by atoms with Gasteiger partial charge in [-0.1, -0.05) is 20.3 Å². The van der Waals surface area contributed by atoms with Crippen molar-refractivity contribution < 1.29 is 18.0 Å². The summed E-state index contributed by atoms with van der Waals surface area (Å²) in [5, 5.41) is 4.48. The van der Waals surface area contributed by atoms with Crippen molar-refractivity contribution in [3.05, 3.63) is 18.0 Å². The van der Waals surface area contributed by atoms with Gasteiger partial charge in [-0.05, 0) is 50.5 Å². The smallest absolute Gasteiger partial charge is 0.342 e. The van der Waals surface area contributed by atoms with Gasteiger partial charge in [0.2, 0.25) is 5.91 Å². The van der Waals surface area contributed by atoms with E-state index in [-0.39, 0.29) is 18.4 Å². The van der Waals surface area contributed by atoms with Crippen LogP contribution in [0.25, 0.3) is 0 Å². The molecule has 1 aliphatic heterocycles. The van der Waals surface area contributed by atoms with Crippen LogP contribution < -0.4 is 0 Å². The zero-order chi connectivity index (χ0) is 19.2. The maximum Gasteiger partial charge on any atom is 0.403 e. The number of carbonyl (C=O) groups is 1. The van der Waals surface area contributed by atoms with E-state index < -0.39 is 17.5 Å². The fourth-order valence-electron chi connectivity index (χ4n) is 4.10. The second kappa shape index (κ2) is 6.57. The van der Waals surface area contributed by atoms with E-state index in [9.17, 15) is 18.0 Å². The summed E-state index contributed by atoms with van der Waals surface area (Å²) >= 11 is 0. The first-order valence-electron chi connectivity index (χ1n) is 9.48. The highest BCUT2D eigenvalue weighted by Gasteiger charge is 2.64. The Morgan fingerprint density at radius 1 is 1.23 bits per heavy atom. The highest BCUT2D eigenvalue weighted by atomic mass is 19.4. The third kappa shape index (κ3) is 3.25. The Balaban J connectivity index is 1.67. The van der Waals surface area contributed by atoms with E-state index in [1.807, 2.05) is 17.1 Å². The van der Waals surface area contributed by atoms with Crippen LogP contribution in [0.15, 0.2) is 12.4 Å². The quantitative estimate of drug-likeness (QED) is 0.797. The fraction of sp³-hybridized carbons (Fsp3) is 0.789. The first-order chi connectivity index (χ1) is 12.1. The van der Waals surface area contributed by atoms with Crippen molar-refractivity contribution in [2.45, 2.75) is 71.0 Å². The average Bonchev–Trinajstić information content (AvgIpc) is 2.93. The molecule has 1 aliphatic carbocycles. The van der Waals surface area contributed by atoms with Gasteiger partial charge in [0.15, 0.2) is 0 Å². The van der Waals surface area contributed by atoms with Gasteiger partial charge in [0, 0.05) is 19.3 Å². The average molecular weight is 371 g/mol. The molecule has 0 bridgehead atoms. The molecule has 0 unspecified atom stereocenters. The second-order valence-electron chi connectivity index (χ2n) is 8.61. The fourth-order valence-corrected chi connectivity index (χ4v) is 4.10. The van der Waals surface area contributed by atoms with Crippen molar-refractivity contribution in [2.75, 3.05) is 13.1 Å². The van der Waals surface area contributed by atoms with Crippen LogP contribution in [0.3, 0.4) is 0 Å². The Labute approximate surface area is 152 Å². The van der Waals surface area contributed by atoms with Gasteiger partial charge in [-0.25, -0.2) is 0 Å². The summed E-state index contributed by atoms with van der Waals surface area (Å²) in [5.74, 6) is -0.180. The number of carbonyl (C=O) groups excluding carboxylic acids is 1. The van der Waals surface area contributed by atoms with E-state index in [0.717, 1.165) is 6.42 Å². The summed E-state index contributed by atoms with van der Waals surface area (Å²) in [5.41, 5.74) is -1.21. The number of hydrogen-bond donors (Lipinski definition) is 0. The lowest BCUT2D eigenvalue weighted by molar-refractivity contribution is -0.249. The molecule has 1 saturated carbocycles. The maximum atomic E-state index is 13.4. The lowest BCUT2D eigenvalue weighted by Gasteiger charge is -2.47. The summed E-state index contributed by atoms with van der Waals surface area (Å²) < 4.78 is 42.2. The molecule has 0 radical (unpaired) electrons. The van der Waals surface area contributed by atoms with Crippen LogP contribution in [0.5, 0.6) is 0 Å². The molecule has 0 atom stereocenters. The van der Waals surface area contributed by atoms with Gasteiger partial charge < -0.3 is 4.90 Å². The molecule has 2 aliphatic rings. The summed E-state index contributed by atoms with van der Waals surface area (Å²) in [6.45, 7) is 7.09. The van der Waals surface area contributed by atoms with Gasteiger partial charge in [0.1, 0.15) is 5.41 Å². The lowest BCUT2D eigenvalue weighted by atomic mass is 9.66. The number of nitrogens with zero attached hydrogens (tertiary/aromatic N) is 3. The molecule has 0 spiro atoms. The summed E-state index contributed by atoms with van der Waals surface area (Å²) in [7, 11) is 0. The Kier molecular flexibility index (Phi) is 4.86. The molecule has 26 heavy (non-hydrogen) atoms. The van der Waals surface area contributed by atoms with E-state index in [2.05, 4.69) is 25.9 Å². The second-order valence-corrected chi connectivity index (χ2v) is 8.61. The first-order valence-corrected chi connectivity index (χ1v) is 9.48. The minimum absolute atomic E-state index is 0.0686. The number of likely N-dealkylation sites (tertiary alicyclic amines) is 1. The van der Waals surface area contributed by atoms with Gasteiger partial charge >= 0.3 is 6.18 Å². The van der Waals surface area contributed by atoms with Gasteiger partial charge in [0.25, 0.3) is 0 Å². The minimum Gasteiger partial charge on any atom is -0.342 e. The van der Waals surface area contributed by atoms with Crippen LogP contribution in [0.2, 0.25) is 0 Å². The predicted molar refractivity (Wildman–Crippen MR) is 92.6 cm³/mol. The number of piperidine rings is 1. The highest BCUT2D eigenvalue weighted by Crippen LogP contribution is 2.54. The number of hydrogen-bond acceptors (Lipinski definition) is 2. The molecule has 0 aromatic carbocycles. The minimum atomic E-state index is -4.45. The molecular formula is C19H28F3N3O. The monoisotopic (exact) mass is 371 g/mol. The number of rotatable bonds is 4. The number of halogens is 3. The zero-order valence-corrected chi connectivity index (χ0v) is 15.8.